The molecule has 0 saturated heterocycles. The molecule has 0 unspecified atom stereocenters. The van der Waals surface area contributed by atoms with Gasteiger partial charge in [-0.15, -0.1) is 5.01 Å². The van der Waals surface area contributed by atoms with Gasteiger partial charge in [0.1, 0.15) is 16.4 Å². The van der Waals surface area contributed by atoms with Crippen molar-refractivity contribution >= 4 is 35.4 Å². The number of aromatic nitrogens is 2. The summed E-state index contributed by atoms with van der Waals surface area (Å²) in [6, 6.07) is 2.42. The Bertz CT molecular complexity index is 745. The van der Waals surface area contributed by atoms with Gasteiger partial charge in [-0.1, -0.05) is 11.6 Å². The molecule has 0 aliphatic rings. The fourth-order valence-corrected chi connectivity index (χ4v) is 1.71. The van der Waals surface area contributed by atoms with E-state index in [1.165, 1.54) is 6.20 Å². The molecule has 0 aromatic carbocycles. The van der Waals surface area contributed by atoms with E-state index in [1.54, 1.807) is 41.5 Å². The molecule has 0 bridgehead atoms. The minimum absolute atomic E-state index is 0.00101. The number of hydrazine groups is 1. The van der Waals surface area contributed by atoms with Crippen LogP contribution in [0.3, 0.4) is 0 Å². The second-order valence-electron chi connectivity index (χ2n) is 7.01. The highest BCUT2D eigenvalue weighted by Crippen LogP contribution is 2.13. The van der Waals surface area contributed by atoms with Crippen LogP contribution in [0, 0.1) is 12.0 Å². The molecule has 0 spiro atoms. The molecule has 2 amide bonds. The van der Waals surface area contributed by atoms with E-state index >= 15 is 0 Å². The molecule has 8 nitrogen and oxygen atoms in total. The van der Waals surface area contributed by atoms with Crippen molar-refractivity contribution in [2.75, 3.05) is 0 Å². The Labute approximate surface area is 162 Å². The fourth-order valence-electron chi connectivity index (χ4n) is 1.36. The average molecular weight is 403 g/mol. The number of ether oxygens (including phenoxy) is 2. The van der Waals surface area contributed by atoms with Crippen molar-refractivity contribution in [3.63, 3.8) is 0 Å². The van der Waals surface area contributed by atoms with Gasteiger partial charge in [0.15, 0.2) is 0 Å². The van der Waals surface area contributed by atoms with Gasteiger partial charge >= 0.3 is 12.2 Å². The predicted octanol–water partition coefficient (Wildman–Crippen LogP) is 3.77. The van der Waals surface area contributed by atoms with Crippen molar-refractivity contribution < 1.29 is 19.1 Å². The number of carbonyl (C=O) groups excluding carboxylic acids is 2. The first-order chi connectivity index (χ1) is 11.8. The fraction of sp³-hybridized carbons (Fsp3) is 0.500. The Morgan fingerprint density at radius 2 is 1.69 bits per heavy atom. The maximum Gasteiger partial charge on any atom is 0.441 e. The van der Waals surface area contributed by atoms with Crippen molar-refractivity contribution in [2.45, 2.75) is 52.7 Å². The number of rotatable bonds is 0. The molecule has 26 heavy (non-hydrogen) atoms. The molecular formula is C16H20Cl2N4O4. The van der Waals surface area contributed by atoms with E-state index in [9.17, 15) is 9.59 Å². The Balaban J connectivity index is 3.06. The second-order valence-corrected chi connectivity index (χ2v) is 7.71. The van der Waals surface area contributed by atoms with Crippen LogP contribution in [0.15, 0.2) is 6.20 Å². The van der Waals surface area contributed by atoms with E-state index in [0.29, 0.717) is 5.01 Å². The van der Waals surface area contributed by atoms with Crippen molar-refractivity contribution in [3.05, 3.63) is 22.2 Å². The maximum atomic E-state index is 12.3. The van der Waals surface area contributed by atoms with Crippen LogP contribution >= 0.6 is 23.2 Å². The van der Waals surface area contributed by atoms with Gasteiger partial charge in [0, 0.05) is 12.2 Å². The molecule has 1 rings (SSSR count). The molecule has 0 saturated carbocycles. The number of halogens is 2. The predicted molar refractivity (Wildman–Crippen MR) is 96.4 cm³/mol. The summed E-state index contributed by atoms with van der Waals surface area (Å²) in [7, 11) is 0. The molecule has 1 aromatic rings. The number of carbonyl (C=O) groups is 2. The van der Waals surface area contributed by atoms with Crippen LogP contribution in [0.25, 0.3) is 0 Å². The van der Waals surface area contributed by atoms with Gasteiger partial charge < -0.3 is 9.47 Å². The summed E-state index contributed by atoms with van der Waals surface area (Å²) < 4.78 is 10.3. The molecular weight excluding hydrogens is 383 g/mol. The summed E-state index contributed by atoms with van der Waals surface area (Å²) in [5.74, 6) is 2.56. The zero-order chi connectivity index (χ0) is 20.1. The van der Waals surface area contributed by atoms with E-state index in [2.05, 4.69) is 27.4 Å². The summed E-state index contributed by atoms with van der Waals surface area (Å²) in [4.78, 5) is 31.7. The third kappa shape index (κ3) is 8.23. The van der Waals surface area contributed by atoms with Crippen molar-refractivity contribution in [3.8, 4) is 12.0 Å². The number of hydrogen-bond acceptors (Lipinski definition) is 6. The molecule has 0 aliphatic heterocycles. The smallest absolute Gasteiger partial charge is 0.441 e. The van der Waals surface area contributed by atoms with Crippen LogP contribution in [0.2, 0.25) is 10.4 Å². The first-order valence-electron chi connectivity index (χ1n) is 7.49. The molecule has 0 atom stereocenters. The van der Waals surface area contributed by atoms with Gasteiger partial charge in [-0.2, -0.15) is 0 Å². The summed E-state index contributed by atoms with van der Waals surface area (Å²) in [6.07, 6.45) is -0.497. The molecule has 142 valence electrons. The van der Waals surface area contributed by atoms with Gasteiger partial charge in [0.25, 0.3) is 0 Å². The van der Waals surface area contributed by atoms with Crippen LogP contribution in [0.4, 0.5) is 9.59 Å². The Morgan fingerprint density at radius 3 is 2.19 bits per heavy atom. The molecule has 1 heterocycles. The van der Waals surface area contributed by atoms with Crippen molar-refractivity contribution in [2.24, 2.45) is 0 Å². The van der Waals surface area contributed by atoms with Gasteiger partial charge in [-0.25, -0.2) is 25.0 Å². The first-order valence-corrected chi connectivity index (χ1v) is 8.25. The maximum absolute atomic E-state index is 12.3. The summed E-state index contributed by atoms with van der Waals surface area (Å²) in [6.45, 7) is 10.1. The van der Waals surface area contributed by atoms with E-state index in [1.807, 2.05) is 0 Å². The van der Waals surface area contributed by atoms with Crippen LogP contribution in [0.1, 0.15) is 47.1 Å². The van der Waals surface area contributed by atoms with E-state index in [-0.39, 0.29) is 16.0 Å². The summed E-state index contributed by atoms with van der Waals surface area (Å²) in [5, 5.41) is 0.611. The third-order valence-electron chi connectivity index (χ3n) is 2.19. The molecule has 1 aromatic heterocycles. The van der Waals surface area contributed by atoms with E-state index in [4.69, 9.17) is 32.7 Å². The zero-order valence-corrected chi connectivity index (χ0v) is 16.8. The normalized spacial score (nSPS) is 11.1. The van der Waals surface area contributed by atoms with Crippen LogP contribution < -0.4 is 5.43 Å². The Hall–Kier alpha value is -2.24. The first kappa shape index (κ1) is 21.8. The number of nitrogens with zero attached hydrogens (tertiary/aromatic N) is 3. The molecule has 0 fully saturated rings. The van der Waals surface area contributed by atoms with Crippen molar-refractivity contribution in [1.82, 2.24) is 20.4 Å². The highest BCUT2D eigenvalue weighted by atomic mass is 35.5. The summed E-state index contributed by atoms with van der Waals surface area (Å²) in [5.41, 5.74) is 0.858. The highest BCUT2D eigenvalue weighted by molar-refractivity contribution is 6.32. The number of nitrogens with one attached hydrogen (secondary N) is 1. The highest BCUT2D eigenvalue weighted by Gasteiger charge is 2.25. The second kappa shape index (κ2) is 8.43. The van der Waals surface area contributed by atoms with Gasteiger partial charge in [0.05, 0.1) is 5.56 Å². The lowest BCUT2D eigenvalue weighted by Crippen LogP contribution is -2.47. The molecule has 0 radical (unpaired) electrons. The largest absolute Gasteiger partial charge is 0.443 e. The SMILES string of the molecule is CC(C)(C)OC(=O)NN(C#Cc1cnc(Cl)nc1Cl)C(=O)OC(C)(C)C. The lowest BCUT2D eigenvalue weighted by molar-refractivity contribution is 0.0142. The third-order valence-corrected chi connectivity index (χ3v) is 2.66. The van der Waals surface area contributed by atoms with Crippen LogP contribution in [-0.4, -0.2) is 38.4 Å². The van der Waals surface area contributed by atoms with Gasteiger partial charge in [-0.05, 0) is 59.1 Å². The molecule has 0 aliphatic carbocycles. The topological polar surface area (TPSA) is 93.6 Å². The van der Waals surface area contributed by atoms with Gasteiger partial charge in [-0.3, -0.25) is 0 Å². The quantitative estimate of drug-likeness (QED) is 0.233. The monoisotopic (exact) mass is 402 g/mol. The minimum Gasteiger partial charge on any atom is -0.443 e. The molecule has 10 heteroatoms. The zero-order valence-electron chi connectivity index (χ0n) is 15.3. The Morgan fingerprint density at radius 1 is 1.12 bits per heavy atom. The lowest BCUT2D eigenvalue weighted by Gasteiger charge is -2.25. The number of amides is 2. The Kier molecular flexibility index (Phi) is 7.07. The van der Waals surface area contributed by atoms with Crippen molar-refractivity contribution in [1.29, 1.82) is 0 Å². The minimum atomic E-state index is -0.901. The van der Waals surface area contributed by atoms with E-state index < -0.39 is 23.4 Å². The number of hydrogen-bond donors (Lipinski definition) is 1. The van der Waals surface area contributed by atoms with E-state index in [0.717, 1.165) is 0 Å². The molecule has 1 N–H and O–H groups in total. The standard InChI is InChI=1S/C16H20Cl2N4O4/c1-15(2,3)25-13(23)21-22(14(24)26-16(4,5)6)8-7-10-9-19-12(18)20-11(10)17/h9H,1-6H3,(H,21,23). The van der Waals surface area contributed by atoms with Gasteiger partial charge in [0.2, 0.25) is 5.28 Å². The summed E-state index contributed by atoms with van der Waals surface area (Å²) >= 11 is 11.5. The average Bonchev–Trinajstić information content (AvgIpc) is 2.40. The van der Waals surface area contributed by atoms with Crippen LogP contribution in [0.5, 0.6) is 0 Å². The lowest BCUT2D eigenvalue weighted by atomic mass is 10.2. The van der Waals surface area contributed by atoms with Crippen LogP contribution in [-0.2, 0) is 9.47 Å².